The van der Waals surface area contributed by atoms with E-state index in [2.05, 4.69) is 10.6 Å². The van der Waals surface area contributed by atoms with Crippen LogP contribution in [0.4, 0.5) is 0 Å². The molecule has 4 N–H and O–H groups in total. The first kappa shape index (κ1) is 15.8. The molecule has 2 rings (SSSR count). The molecule has 9 heteroatoms. The van der Waals surface area contributed by atoms with Crippen LogP contribution in [0.15, 0.2) is 35.5 Å². The lowest BCUT2D eigenvalue weighted by Crippen LogP contribution is -2.53. The van der Waals surface area contributed by atoms with Crippen LogP contribution >= 0.6 is 11.6 Å². The molecule has 1 heterocycles. The van der Waals surface area contributed by atoms with E-state index in [-0.39, 0.29) is 11.3 Å². The highest BCUT2D eigenvalue weighted by Gasteiger charge is 2.36. The van der Waals surface area contributed by atoms with Crippen molar-refractivity contribution < 1.29 is 22.9 Å². The van der Waals surface area contributed by atoms with Crippen LogP contribution in [-0.2, 0) is 14.9 Å². The highest BCUT2D eigenvalue weighted by Crippen LogP contribution is 2.29. The lowest BCUT2D eigenvalue weighted by atomic mass is 9.96. The first-order valence-electron chi connectivity index (χ1n) is 5.88. The molecular weight excluding hydrogens is 320 g/mol. The Morgan fingerprint density at radius 2 is 2.05 bits per heavy atom. The summed E-state index contributed by atoms with van der Waals surface area (Å²) in [4.78, 5) is 11.4. The fourth-order valence-electron chi connectivity index (χ4n) is 2.16. The predicted molar refractivity (Wildman–Crippen MR) is 76.1 cm³/mol. The van der Waals surface area contributed by atoms with Gasteiger partial charge >= 0.3 is 5.97 Å². The first-order chi connectivity index (χ1) is 9.70. The fraction of sp³-hybridized carbons (Fsp3) is 0.250. The summed E-state index contributed by atoms with van der Waals surface area (Å²) in [6, 6.07) is 5.46. The molecule has 114 valence electrons. The maximum Gasteiger partial charge on any atom is 0.335 e. The van der Waals surface area contributed by atoms with E-state index in [9.17, 15) is 18.3 Å². The third-order valence-electron chi connectivity index (χ3n) is 3.07. The Balaban J connectivity index is 2.54. The summed E-state index contributed by atoms with van der Waals surface area (Å²) in [6.45, 7) is 1.43. The van der Waals surface area contributed by atoms with Gasteiger partial charge in [-0.25, -0.2) is 4.79 Å². The summed E-state index contributed by atoms with van der Waals surface area (Å²) in [6.07, 6.45) is 0. The van der Waals surface area contributed by atoms with Gasteiger partial charge < -0.3 is 10.4 Å². The standard InChI is InChI=1S/C12H13ClN2O5S/c1-6-9(11(16)17)10(7-3-2-4-8(13)5-7)15-12(14-6)21(18,19)20/h2-5,10,12,14-15H,1H3,(H,16,17)(H,18,19,20). The molecule has 0 amide bonds. The van der Waals surface area contributed by atoms with Crippen LogP contribution in [0.3, 0.4) is 0 Å². The molecule has 0 fully saturated rings. The van der Waals surface area contributed by atoms with E-state index < -0.39 is 27.6 Å². The molecule has 2 unspecified atom stereocenters. The van der Waals surface area contributed by atoms with Crippen molar-refractivity contribution in [1.82, 2.24) is 10.6 Å². The van der Waals surface area contributed by atoms with Crippen LogP contribution in [0.2, 0.25) is 5.02 Å². The summed E-state index contributed by atoms with van der Waals surface area (Å²) < 4.78 is 31.7. The van der Waals surface area contributed by atoms with E-state index >= 15 is 0 Å². The van der Waals surface area contributed by atoms with Crippen LogP contribution in [0, 0.1) is 0 Å². The Morgan fingerprint density at radius 3 is 2.57 bits per heavy atom. The molecule has 1 aliphatic heterocycles. The minimum Gasteiger partial charge on any atom is -0.478 e. The molecule has 0 saturated carbocycles. The molecule has 0 saturated heterocycles. The number of carboxylic acid groups (broad SMARTS) is 1. The second-order valence-corrected chi connectivity index (χ2v) is 6.48. The van der Waals surface area contributed by atoms with Gasteiger partial charge in [0.1, 0.15) is 0 Å². The van der Waals surface area contributed by atoms with Gasteiger partial charge in [0.25, 0.3) is 10.1 Å². The number of hydrogen-bond donors (Lipinski definition) is 4. The van der Waals surface area contributed by atoms with E-state index in [4.69, 9.17) is 16.2 Å². The second-order valence-electron chi connectivity index (χ2n) is 4.54. The number of rotatable bonds is 3. The molecule has 0 bridgehead atoms. The van der Waals surface area contributed by atoms with Crippen molar-refractivity contribution in [1.29, 1.82) is 0 Å². The molecule has 1 aromatic carbocycles. The van der Waals surface area contributed by atoms with Gasteiger partial charge in [-0.2, -0.15) is 8.42 Å². The van der Waals surface area contributed by atoms with Crippen molar-refractivity contribution in [3.05, 3.63) is 46.1 Å². The largest absolute Gasteiger partial charge is 0.478 e. The van der Waals surface area contributed by atoms with E-state index in [0.29, 0.717) is 10.6 Å². The van der Waals surface area contributed by atoms with Crippen molar-refractivity contribution in [3.63, 3.8) is 0 Å². The number of benzene rings is 1. The molecule has 1 aliphatic rings. The lowest BCUT2D eigenvalue weighted by Gasteiger charge is -2.32. The number of aliphatic carboxylic acids is 1. The maximum atomic E-state index is 11.4. The minimum atomic E-state index is -4.44. The van der Waals surface area contributed by atoms with Gasteiger partial charge in [0.15, 0.2) is 0 Å². The van der Waals surface area contributed by atoms with Gasteiger partial charge in [-0.05, 0) is 24.6 Å². The maximum absolute atomic E-state index is 11.4. The summed E-state index contributed by atoms with van der Waals surface area (Å²) in [5.74, 6) is -1.20. The zero-order chi connectivity index (χ0) is 15.8. The summed E-state index contributed by atoms with van der Waals surface area (Å²) in [5, 5.41) is 14.7. The smallest absolute Gasteiger partial charge is 0.335 e. The first-order valence-corrected chi connectivity index (χ1v) is 7.76. The van der Waals surface area contributed by atoms with Crippen LogP contribution in [0.5, 0.6) is 0 Å². The van der Waals surface area contributed by atoms with Crippen molar-refractivity contribution in [2.24, 2.45) is 0 Å². The van der Waals surface area contributed by atoms with Crippen LogP contribution in [0.1, 0.15) is 18.5 Å². The molecule has 21 heavy (non-hydrogen) atoms. The van der Waals surface area contributed by atoms with Gasteiger partial charge in [0.2, 0.25) is 5.50 Å². The monoisotopic (exact) mass is 332 g/mol. The molecular formula is C12H13ClN2O5S. The third-order valence-corrected chi connectivity index (χ3v) is 4.15. The zero-order valence-corrected chi connectivity index (χ0v) is 12.4. The SMILES string of the molecule is CC1=C(C(=O)O)C(c2cccc(Cl)c2)NC(S(=O)(=O)O)N1. The molecule has 0 spiro atoms. The number of carboxylic acids is 1. The Labute approximate surface area is 126 Å². The van der Waals surface area contributed by atoms with E-state index in [1.807, 2.05) is 0 Å². The number of hydrogen-bond acceptors (Lipinski definition) is 5. The highest BCUT2D eigenvalue weighted by molar-refractivity contribution is 7.86. The van der Waals surface area contributed by atoms with E-state index in [0.717, 1.165) is 0 Å². The van der Waals surface area contributed by atoms with Crippen molar-refractivity contribution in [3.8, 4) is 0 Å². The number of halogens is 1. The summed E-state index contributed by atoms with van der Waals surface area (Å²) >= 11 is 5.88. The van der Waals surface area contributed by atoms with Gasteiger partial charge in [-0.3, -0.25) is 9.87 Å². The predicted octanol–water partition coefficient (Wildman–Crippen LogP) is 1.10. The fourth-order valence-corrected chi connectivity index (χ4v) is 2.99. The van der Waals surface area contributed by atoms with E-state index in [1.165, 1.54) is 13.0 Å². The average molecular weight is 333 g/mol. The van der Waals surface area contributed by atoms with Crippen molar-refractivity contribution >= 4 is 27.7 Å². The topological polar surface area (TPSA) is 116 Å². The van der Waals surface area contributed by atoms with Crippen LogP contribution in [0.25, 0.3) is 0 Å². The molecule has 1 aromatic rings. The number of allylic oxidation sites excluding steroid dienone is 1. The van der Waals surface area contributed by atoms with Crippen molar-refractivity contribution in [2.75, 3.05) is 0 Å². The summed E-state index contributed by atoms with van der Waals surface area (Å²) in [5.41, 5.74) is -0.912. The number of nitrogens with one attached hydrogen (secondary N) is 2. The molecule has 0 aromatic heterocycles. The highest BCUT2D eigenvalue weighted by atomic mass is 35.5. The normalized spacial score (nSPS) is 22.8. The number of carbonyl (C=O) groups is 1. The Hall–Kier alpha value is -1.61. The molecule has 0 aliphatic carbocycles. The van der Waals surface area contributed by atoms with Crippen LogP contribution in [-0.4, -0.2) is 29.5 Å². The molecule has 0 radical (unpaired) electrons. The molecule has 7 nitrogen and oxygen atoms in total. The second kappa shape index (κ2) is 5.64. The quantitative estimate of drug-likeness (QED) is 0.612. The molecule has 2 atom stereocenters. The van der Waals surface area contributed by atoms with Crippen molar-refractivity contribution in [2.45, 2.75) is 18.5 Å². The van der Waals surface area contributed by atoms with Gasteiger partial charge in [0.05, 0.1) is 11.6 Å². The van der Waals surface area contributed by atoms with Gasteiger partial charge in [-0.15, -0.1) is 0 Å². The summed E-state index contributed by atoms with van der Waals surface area (Å²) in [7, 11) is -4.44. The van der Waals surface area contributed by atoms with Gasteiger partial charge in [-0.1, -0.05) is 23.7 Å². The minimum absolute atomic E-state index is 0.0443. The lowest BCUT2D eigenvalue weighted by molar-refractivity contribution is -0.133. The Bertz CT molecular complexity index is 716. The van der Waals surface area contributed by atoms with Gasteiger partial charge in [0, 0.05) is 10.7 Å². The van der Waals surface area contributed by atoms with E-state index in [1.54, 1.807) is 18.2 Å². The van der Waals surface area contributed by atoms with Crippen LogP contribution < -0.4 is 10.6 Å². The Morgan fingerprint density at radius 1 is 1.38 bits per heavy atom. The third kappa shape index (κ3) is 3.35. The average Bonchev–Trinajstić information content (AvgIpc) is 2.36. The zero-order valence-electron chi connectivity index (χ0n) is 10.9. The Kier molecular flexibility index (Phi) is 4.24.